The number of nitrogens with zero attached hydrogens (tertiary/aromatic N) is 2. The van der Waals surface area contributed by atoms with E-state index in [1.807, 2.05) is 27.8 Å². The van der Waals surface area contributed by atoms with E-state index in [0.29, 0.717) is 27.6 Å². The summed E-state index contributed by atoms with van der Waals surface area (Å²) in [6.45, 7) is 11.0. The number of hydrogen-bond acceptors (Lipinski definition) is 1. The molecular weight excluding hydrogens is 320 g/mol. The maximum Gasteiger partial charge on any atom is 0.216 e. The van der Waals surface area contributed by atoms with Crippen LogP contribution in [0.2, 0.25) is 0 Å². The average molecular weight is 344 g/mol. The molecule has 26 heavy (non-hydrogen) atoms. The van der Waals surface area contributed by atoms with Crippen LogP contribution in [0.15, 0.2) is 40.8 Å². The molecule has 0 N–H and O–H groups in total. The third-order valence-corrected chi connectivity index (χ3v) is 5.00. The van der Waals surface area contributed by atoms with Crippen LogP contribution < -0.4 is 4.57 Å². The number of furan rings is 1. The van der Waals surface area contributed by atoms with Gasteiger partial charge < -0.3 is 4.42 Å². The standard InChI is InChI=1S/C23H21N2O/c1-13-9-16(4)25(6)19(10-13)22-15(3)11-14(2)21-18-8-7-17(24-5)12-20(18)26-23(21)22/h7-12H,1-4,6H3/q+1/i2D3. The molecule has 3 heteroatoms. The van der Waals surface area contributed by atoms with Gasteiger partial charge in [0.25, 0.3) is 0 Å². The van der Waals surface area contributed by atoms with Gasteiger partial charge in [-0.25, -0.2) is 4.85 Å². The Morgan fingerprint density at radius 2 is 1.88 bits per heavy atom. The molecule has 2 aromatic carbocycles. The van der Waals surface area contributed by atoms with Crippen LogP contribution in [-0.4, -0.2) is 0 Å². The van der Waals surface area contributed by atoms with Crippen molar-refractivity contribution < 1.29 is 13.1 Å². The molecule has 0 radical (unpaired) electrons. The summed E-state index contributed by atoms with van der Waals surface area (Å²) in [5.41, 5.74) is 6.71. The summed E-state index contributed by atoms with van der Waals surface area (Å²) < 4.78 is 32.5. The Kier molecular flexibility index (Phi) is 2.88. The van der Waals surface area contributed by atoms with Gasteiger partial charge in [0.05, 0.1) is 12.1 Å². The molecule has 0 saturated carbocycles. The SMILES string of the molecule is [2H]C([2H])([2H])c1cc(C)c(-c2cc(C)cc(C)[n+]2C)c2oc3cc([N+]#[C-])ccc3c12. The second-order valence-corrected chi connectivity index (χ2v) is 6.83. The fourth-order valence-electron chi connectivity index (χ4n) is 3.67. The third-order valence-electron chi connectivity index (χ3n) is 5.00. The van der Waals surface area contributed by atoms with Crippen LogP contribution in [0.5, 0.6) is 0 Å². The van der Waals surface area contributed by atoms with E-state index in [0.717, 1.165) is 28.1 Å². The molecule has 0 aliphatic heterocycles. The van der Waals surface area contributed by atoms with Crippen molar-refractivity contribution in [3.05, 3.63) is 70.2 Å². The Labute approximate surface area is 157 Å². The summed E-state index contributed by atoms with van der Waals surface area (Å²) in [6.07, 6.45) is 0. The minimum atomic E-state index is -2.28. The molecule has 4 rings (SSSR count). The fourth-order valence-corrected chi connectivity index (χ4v) is 3.67. The normalized spacial score (nSPS) is 13.4. The molecule has 0 saturated heterocycles. The zero-order valence-corrected chi connectivity index (χ0v) is 15.3. The highest BCUT2D eigenvalue weighted by Crippen LogP contribution is 2.40. The topological polar surface area (TPSA) is 21.4 Å². The smallest absolute Gasteiger partial charge is 0.216 e. The number of hydrogen-bond donors (Lipinski definition) is 0. The Bertz CT molecular complexity index is 1340. The van der Waals surface area contributed by atoms with Crippen LogP contribution in [0.1, 0.15) is 26.5 Å². The van der Waals surface area contributed by atoms with Crippen molar-refractivity contribution in [3.8, 4) is 11.3 Å². The minimum absolute atomic E-state index is 0.273. The molecule has 4 aromatic rings. The highest BCUT2D eigenvalue weighted by molar-refractivity contribution is 6.12. The molecule has 0 unspecified atom stereocenters. The Balaban J connectivity index is 2.23. The number of pyridine rings is 1. The molecule has 0 atom stereocenters. The van der Waals surface area contributed by atoms with Gasteiger partial charge in [-0.1, -0.05) is 18.2 Å². The Hall–Kier alpha value is -3.12. The van der Waals surface area contributed by atoms with Crippen LogP contribution in [0.3, 0.4) is 0 Å². The lowest BCUT2D eigenvalue weighted by molar-refractivity contribution is -0.666. The predicted octanol–water partition coefficient (Wildman–Crippen LogP) is 5.86. The zero-order chi connectivity index (χ0) is 21.1. The lowest BCUT2D eigenvalue weighted by Crippen LogP contribution is -2.35. The lowest BCUT2D eigenvalue weighted by atomic mass is 9.96. The lowest BCUT2D eigenvalue weighted by Gasteiger charge is -2.09. The van der Waals surface area contributed by atoms with Crippen molar-refractivity contribution in [2.45, 2.75) is 27.6 Å². The Morgan fingerprint density at radius 1 is 1.08 bits per heavy atom. The first-order chi connectivity index (χ1) is 13.6. The van der Waals surface area contributed by atoms with Crippen LogP contribution in [0.4, 0.5) is 5.69 Å². The molecule has 0 amide bonds. The molecular formula is C23H21N2O+. The van der Waals surface area contributed by atoms with Crippen LogP contribution in [0.25, 0.3) is 38.0 Å². The van der Waals surface area contributed by atoms with Crippen LogP contribution in [-0.2, 0) is 7.05 Å². The summed E-state index contributed by atoms with van der Waals surface area (Å²) in [7, 11) is 1.99. The molecule has 0 aliphatic carbocycles. The molecule has 0 aliphatic rings. The first kappa shape index (κ1) is 13.1. The molecule has 0 spiro atoms. The van der Waals surface area contributed by atoms with Crippen molar-refractivity contribution in [1.29, 1.82) is 0 Å². The van der Waals surface area contributed by atoms with E-state index in [9.17, 15) is 0 Å². The third kappa shape index (κ3) is 2.30. The van der Waals surface area contributed by atoms with Gasteiger partial charge in [-0.2, -0.15) is 4.57 Å². The predicted molar refractivity (Wildman–Crippen MR) is 106 cm³/mol. The molecule has 3 nitrogen and oxygen atoms in total. The van der Waals surface area contributed by atoms with Gasteiger partial charge in [-0.05, 0) is 43.5 Å². The van der Waals surface area contributed by atoms with E-state index in [2.05, 4.69) is 21.5 Å². The summed E-state index contributed by atoms with van der Waals surface area (Å²) in [6, 6.07) is 11.1. The summed E-state index contributed by atoms with van der Waals surface area (Å²) in [5, 5.41) is 1.31. The van der Waals surface area contributed by atoms with E-state index in [1.165, 1.54) is 0 Å². The van der Waals surface area contributed by atoms with Gasteiger partial charge in [0, 0.05) is 33.9 Å². The number of rotatable bonds is 1. The molecule has 2 heterocycles. The van der Waals surface area contributed by atoms with Crippen LogP contribution in [0, 0.1) is 34.2 Å². The number of aromatic nitrogens is 1. The monoisotopic (exact) mass is 344 g/mol. The van der Waals surface area contributed by atoms with Crippen LogP contribution >= 0.6 is 0 Å². The van der Waals surface area contributed by atoms with E-state index >= 15 is 0 Å². The van der Waals surface area contributed by atoms with Gasteiger partial charge in [0.1, 0.15) is 18.2 Å². The maximum absolute atomic E-state index is 8.07. The minimum Gasteiger partial charge on any atom is -0.456 e. The molecule has 128 valence electrons. The molecule has 0 bridgehead atoms. The van der Waals surface area contributed by atoms with Gasteiger partial charge in [-0.3, -0.25) is 0 Å². The van der Waals surface area contributed by atoms with E-state index in [-0.39, 0.29) is 5.56 Å². The fraction of sp³-hybridized carbons (Fsp3) is 0.217. The molecule has 2 aromatic heterocycles. The van der Waals surface area contributed by atoms with E-state index < -0.39 is 6.85 Å². The second-order valence-electron chi connectivity index (χ2n) is 6.83. The van der Waals surface area contributed by atoms with Crippen molar-refractivity contribution >= 4 is 27.6 Å². The Morgan fingerprint density at radius 3 is 2.62 bits per heavy atom. The van der Waals surface area contributed by atoms with E-state index in [1.54, 1.807) is 24.3 Å². The second kappa shape index (κ2) is 5.71. The van der Waals surface area contributed by atoms with Gasteiger partial charge in [0.15, 0.2) is 11.4 Å². The van der Waals surface area contributed by atoms with Gasteiger partial charge in [0.2, 0.25) is 5.69 Å². The molecule has 0 fully saturated rings. The van der Waals surface area contributed by atoms with Crippen molar-refractivity contribution in [2.24, 2.45) is 7.05 Å². The number of fused-ring (bicyclic) bond motifs is 3. The zero-order valence-electron chi connectivity index (χ0n) is 18.3. The first-order valence-electron chi connectivity index (χ1n) is 9.97. The van der Waals surface area contributed by atoms with E-state index in [4.69, 9.17) is 15.1 Å². The summed E-state index contributed by atoms with van der Waals surface area (Å²) >= 11 is 0. The van der Waals surface area contributed by atoms with Gasteiger partial charge >= 0.3 is 0 Å². The van der Waals surface area contributed by atoms with Crippen molar-refractivity contribution in [2.75, 3.05) is 0 Å². The average Bonchev–Trinajstić information content (AvgIpc) is 3.01. The largest absolute Gasteiger partial charge is 0.456 e. The maximum atomic E-state index is 8.07. The quantitative estimate of drug-likeness (QED) is 0.313. The first-order valence-corrected chi connectivity index (χ1v) is 8.47. The van der Waals surface area contributed by atoms with Crippen molar-refractivity contribution in [3.63, 3.8) is 0 Å². The highest BCUT2D eigenvalue weighted by Gasteiger charge is 2.23. The number of aryl methyl sites for hydroxylation is 4. The number of benzene rings is 2. The summed E-state index contributed by atoms with van der Waals surface area (Å²) in [4.78, 5) is 3.47. The van der Waals surface area contributed by atoms with Crippen molar-refractivity contribution in [1.82, 2.24) is 0 Å². The van der Waals surface area contributed by atoms with Gasteiger partial charge in [-0.15, -0.1) is 0 Å². The summed E-state index contributed by atoms with van der Waals surface area (Å²) in [5.74, 6) is 0. The highest BCUT2D eigenvalue weighted by atomic mass is 16.3.